The Labute approximate surface area is 141 Å². The summed E-state index contributed by atoms with van der Waals surface area (Å²) < 4.78 is 0. The highest BCUT2D eigenvalue weighted by Gasteiger charge is 2.18. The van der Waals surface area contributed by atoms with Crippen molar-refractivity contribution in [3.8, 4) is 0 Å². The summed E-state index contributed by atoms with van der Waals surface area (Å²) in [6.45, 7) is 6.75. The van der Waals surface area contributed by atoms with Crippen LogP contribution in [0.15, 0.2) is 0 Å². The molecule has 0 aliphatic rings. The van der Waals surface area contributed by atoms with Crippen LogP contribution in [0.2, 0.25) is 0 Å². The molecule has 0 aromatic carbocycles. The van der Waals surface area contributed by atoms with Gasteiger partial charge < -0.3 is 5.73 Å². The Balaban J connectivity index is 3.14. The van der Waals surface area contributed by atoms with Gasteiger partial charge in [-0.25, -0.2) is 0 Å². The van der Waals surface area contributed by atoms with Crippen molar-refractivity contribution in [3.05, 3.63) is 0 Å². The summed E-state index contributed by atoms with van der Waals surface area (Å²) in [6.07, 6.45) is 23.5. The predicted molar refractivity (Wildman–Crippen MR) is 102 cm³/mol. The first-order valence-corrected chi connectivity index (χ1v) is 10.5. The Morgan fingerprint density at radius 2 is 0.818 bits per heavy atom. The predicted octanol–water partition coefficient (Wildman–Crippen LogP) is 7.38. The highest BCUT2D eigenvalue weighted by atomic mass is 14.7. The molecule has 0 spiro atoms. The van der Waals surface area contributed by atoms with Gasteiger partial charge in [0.2, 0.25) is 0 Å². The lowest BCUT2D eigenvalue weighted by Gasteiger charge is -2.26. The van der Waals surface area contributed by atoms with Gasteiger partial charge in [-0.05, 0) is 19.3 Å². The quantitative estimate of drug-likeness (QED) is 0.279. The van der Waals surface area contributed by atoms with Crippen LogP contribution in [0.25, 0.3) is 0 Å². The fraction of sp³-hybridized carbons (Fsp3) is 1.00. The minimum absolute atomic E-state index is 0.122. The molecule has 1 nitrogen and oxygen atoms in total. The summed E-state index contributed by atoms with van der Waals surface area (Å²) in [5, 5.41) is 0. The van der Waals surface area contributed by atoms with Crippen LogP contribution in [0.1, 0.15) is 130 Å². The van der Waals surface area contributed by atoms with Crippen molar-refractivity contribution in [2.45, 2.75) is 135 Å². The number of rotatable bonds is 17. The van der Waals surface area contributed by atoms with Crippen LogP contribution in [0.5, 0.6) is 0 Å². The van der Waals surface area contributed by atoms with Gasteiger partial charge in [0.15, 0.2) is 0 Å². The number of hydrogen-bond donors (Lipinski definition) is 1. The Kier molecular flexibility index (Phi) is 15.8. The van der Waals surface area contributed by atoms with E-state index < -0.39 is 0 Å². The number of hydrogen-bond acceptors (Lipinski definition) is 1. The monoisotopic (exact) mass is 311 g/mol. The third-order valence-electron chi connectivity index (χ3n) is 5.44. The lowest BCUT2D eigenvalue weighted by Crippen LogP contribution is -2.38. The molecule has 22 heavy (non-hydrogen) atoms. The molecule has 0 heterocycles. The van der Waals surface area contributed by atoms with E-state index in [1.54, 1.807) is 0 Å². The van der Waals surface area contributed by atoms with Crippen molar-refractivity contribution in [1.29, 1.82) is 0 Å². The van der Waals surface area contributed by atoms with Crippen LogP contribution in [0.4, 0.5) is 0 Å². The molecule has 134 valence electrons. The SMILES string of the molecule is CCCCCCCCCCCCCCCCC(N)(CC)CC. The topological polar surface area (TPSA) is 26.0 Å². The molecule has 0 rings (SSSR count). The van der Waals surface area contributed by atoms with Crippen molar-refractivity contribution in [2.75, 3.05) is 0 Å². The molecule has 0 unspecified atom stereocenters. The standard InChI is InChI=1S/C21H45N/c1-4-7-8-9-10-11-12-13-14-15-16-17-18-19-20-21(22,5-2)6-3/h4-20,22H2,1-3H3. The van der Waals surface area contributed by atoms with E-state index >= 15 is 0 Å². The molecule has 0 amide bonds. The summed E-state index contributed by atoms with van der Waals surface area (Å²) in [4.78, 5) is 0. The molecule has 0 radical (unpaired) electrons. The lowest BCUT2D eigenvalue weighted by atomic mass is 9.88. The molecule has 0 aromatic rings. The van der Waals surface area contributed by atoms with Crippen LogP contribution >= 0.6 is 0 Å². The summed E-state index contributed by atoms with van der Waals surface area (Å²) in [5.41, 5.74) is 6.47. The summed E-state index contributed by atoms with van der Waals surface area (Å²) >= 11 is 0. The molecule has 0 aliphatic carbocycles. The highest BCUT2D eigenvalue weighted by molar-refractivity contribution is 4.80. The van der Waals surface area contributed by atoms with E-state index in [-0.39, 0.29) is 5.54 Å². The Morgan fingerprint density at radius 3 is 1.14 bits per heavy atom. The molecular weight excluding hydrogens is 266 g/mol. The van der Waals surface area contributed by atoms with E-state index in [1.165, 1.54) is 96.3 Å². The lowest BCUT2D eigenvalue weighted by molar-refractivity contribution is 0.350. The first kappa shape index (κ1) is 22.0. The van der Waals surface area contributed by atoms with Crippen molar-refractivity contribution in [1.82, 2.24) is 0 Å². The molecular formula is C21H45N. The van der Waals surface area contributed by atoms with Gasteiger partial charge in [0.05, 0.1) is 0 Å². The third kappa shape index (κ3) is 13.6. The van der Waals surface area contributed by atoms with Gasteiger partial charge in [-0.2, -0.15) is 0 Å². The summed E-state index contributed by atoms with van der Waals surface area (Å²) in [5.74, 6) is 0. The van der Waals surface area contributed by atoms with E-state index in [0.717, 1.165) is 12.8 Å². The average Bonchev–Trinajstić information content (AvgIpc) is 2.55. The molecule has 2 N–H and O–H groups in total. The van der Waals surface area contributed by atoms with Gasteiger partial charge in [-0.1, -0.05) is 111 Å². The maximum Gasteiger partial charge on any atom is 0.0149 e. The van der Waals surface area contributed by atoms with Gasteiger partial charge in [0, 0.05) is 5.54 Å². The van der Waals surface area contributed by atoms with Crippen LogP contribution in [-0.4, -0.2) is 5.54 Å². The Hall–Kier alpha value is -0.0400. The van der Waals surface area contributed by atoms with Crippen LogP contribution < -0.4 is 5.73 Å². The summed E-state index contributed by atoms with van der Waals surface area (Å²) in [6, 6.07) is 0. The maximum atomic E-state index is 6.34. The van der Waals surface area contributed by atoms with Crippen molar-refractivity contribution in [2.24, 2.45) is 5.73 Å². The second kappa shape index (κ2) is 15.8. The van der Waals surface area contributed by atoms with Gasteiger partial charge in [0.25, 0.3) is 0 Å². The molecule has 0 saturated heterocycles. The van der Waals surface area contributed by atoms with Crippen LogP contribution in [0, 0.1) is 0 Å². The first-order chi connectivity index (χ1) is 10.7. The van der Waals surface area contributed by atoms with Gasteiger partial charge >= 0.3 is 0 Å². The van der Waals surface area contributed by atoms with E-state index in [4.69, 9.17) is 5.73 Å². The van der Waals surface area contributed by atoms with Crippen molar-refractivity contribution >= 4 is 0 Å². The highest BCUT2D eigenvalue weighted by Crippen LogP contribution is 2.20. The van der Waals surface area contributed by atoms with Crippen LogP contribution in [0.3, 0.4) is 0 Å². The molecule has 1 heteroatoms. The fourth-order valence-electron chi connectivity index (χ4n) is 3.28. The largest absolute Gasteiger partial charge is 0.325 e. The van der Waals surface area contributed by atoms with Crippen molar-refractivity contribution < 1.29 is 0 Å². The van der Waals surface area contributed by atoms with E-state index in [0.29, 0.717) is 0 Å². The zero-order chi connectivity index (χ0) is 16.5. The average molecular weight is 312 g/mol. The van der Waals surface area contributed by atoms with Gasteiger partial charge in [-0.3, -0.25) is 0 Å². The van der Waals surface area contributed by atoms with E-state index in [1.807, 2.05) is 0 Å². The van der Waals surface area contributed by atoms with Gasteiger partial charge in [0.1, 0.15) is 0 Å². The second-order valence-electron chi connectivity index (χ2n) is 7.42. The Morgan fingerprint density at radius 1 is 0.500 bits per heavy atom. The first-order valence-electron chi connectivity index (χ1n) is 10.5. The second-order valence-corrected chi connectivity index (χ2v) is 7.42. The van der Waals surface area contributed by atoms with Gasteiger partial charge in [-0.15, -0.1) is 0 Å². The minimum Gasteiger partial charge on any atom is -0.325 e. The molecule has 0 aromatic heterocycles. The molecule has 0 bridgehead atoms. The zero-order valence-electron chi connectivity index (χ0n) is 16.1. The van der Waals surface area contributed by atoms with Crippen LogP contribution in [-0.2, 0) is 0 Å². The third-order valence-corrected chi connectivity index (χ3v) is 5.44. The zero-order valence-corrected chi connectivity index (χ0v) is 16.1. The molecule has 0 fully saturated rings. The van der Waals surface area contributed by atoms with E-state index in [2.05, 4.69) is 20.8 Å². The molecule has 0 saturated carbocycles. The van der Waals surface area contributed by atoms with E-state index in [9.17, 15) is 0 Å². The number of nitrogens with two attached hydrogens (primary N) is 1. The summed E-state index contributed by atoms with van der Waals surface area (Å²) in [7, 11) is 0. The molecule has 0 atom stereocenters. The normalized spacial score (nSPS) is 12.0. The number of unbranched alkanes of at least 4 members (excludes halogenated alkanes) is 13. The van der Waals surface area contributed by atoms with Crippen molar-refractivity contribution in [3.63, 3.8) is 0 Å². The maximum absolute atomic E-state index is 6.34. The smallest absolute Gasteiger partial charge is 0.0149 e. The minimum atomic E-state index is 0.122. The fourth-order valence-corrected chi connectivity index (χ4v) is 3.28. The Bertz CT molecular complexity index is 208. The molecule has 0 aliphatic heterocycles.